The van der Waals surface area contributed by atoms with Gasteiger partial charge in [-0.15, -0.1) is 0 Å². The van der Waals surface area contributed by atoms with Crippen LogP contribution in [0.2, 0.25) is 5.02 Å². The minimum atomic E-state index is -0.943. The number of nitrogens with one attached hydrogen (secondary N) is 1. The van der Waals surface area contributed by atoms with Crippen LogP contribution in [0, 0.1) is 0 Å². The Morgan fingerprint density at radius 2 is 1.81 bits per heavy atom. The van der Waals surface area contributed by atoms with Crippen LogP contribution in [-0.4, -0.2) is 32.3 Å². The maximum absolute atomic E-state index is 13.2. The molecule has 10 heteroatoms. The first-order valence-corrected chi connectivity index (χ1v) is 10.1. The van der Waals surface area contributed by atoms with Crippen LogP contribution in [0.5, 0.6) is 0 Å². The number of benzene rings is 2. The van der Waals surface area contributed by atoms with Gasteiger partial charge in [0, 0.05) is 17.6 Å². The summed E-state index contributed by atoms with van der Waals surface area (Å²) in [4.78, 5) is 50.1. The molecule has 1 amide bonds. The Morgan fingerprint density at radius 1 is 1.12 bits per heavy atom. The molecular formula is C22H21ClN4O5. The summed E-state index contributed by atoms with van der Waals surface area (Å²) in [6, 6.07) is 12.9. The molecule has 1 N–H and O–H groups in total. The first-order chi connectivity index (χ1) is 15.2. The number of anilines is 1. The SMILES string of the molecule is CC(=O)Nc1cccc(-n2nc(C(=O)OC(C)C)c(=O)n(Cc3ccc(Cl)cc3)c2=O)c1. The summed E-state index contributed by atoms with van der Waals surface area (Å²) < 4.78 is 6.97. The molecular weight excluding hydrogens is 436 g/mol. The fourth-order valence-electron chi connectivity index (χ4n) is 2.91. The predicted molar refractivity (Wildman–Crippen MR) is 120 cm³/mol. The van der Waals surface area contributed by atoms with E-state index in [1.165, 1.54) is 13.0 Å². The molecule has 0 atom stereocenters. The van der Waals surface area contributed by atoms with Gasteiger partial charge in [-0.05, 0) is 49.7 Å². The molecule has 0 radical (unpaired) electrons. The lowest BCUT2D eigenvalue weighted by molar-refractivity contribution is -0.114. The Labute approximate surface area is 188 Å². The van der Waals surface area contributed by atoms with Crippen molar-refractivity contribution >= 4 is 29.2 Å². The lowest BCUT2D eigenvalue weighted by Gasteiger charge is -2.13. The number of halogens is 1. The number of carbonyl (C=O) groups is 2. The van der Waals surface area contributed by atoms with Crippen LogP contribution >= 0.6 is 11.6 Å². The van der Waals surface area contributed by atoms with Gasteiger partial charge in [0.25, 0.3) is 5.56 Å². The zero-order valence-electron chi connectivity index (χ0n) is 17.7. The van der Waals surface area contributed by atoms with E-state index in [0.29, 0.717) is 16.3 Å². The summed E-state index contributed by atoms with van der Waals surface area (Å²) in [7, 11) is 0. The molecule has 1 heterocycles. The molecule has 3 aromatic rings. The van der Waals surface area contributed by atoms with E-state index in [4.69, 9.17) is 16.3 Å². The van der Waals surface area contributed by atoms with E-state index in [1.807, 2.05) is 0 Å². The molecule has 166 valence electrons. The van der Waals surface area contributed by atoms with E-state index in [-0.39, 0.29) is 18.1 Å². The minimum absolute atomic E-state index is 0.106. The second kappa shape index (κ2) is 9.61. The van der Waals surface area contributed by atoms with Gasteiger partial charge in [0.2, 0.25) is 11.6 Å². The van der Waals surface area contributed by atoms with Crippen LogP contribution in [0.1, 0.15) is 36.8 Å². The van der Waals surface area contributed by atoms with Gasteiger partial charge < -0.3 is 10.1 Å². The lowest BCUT2D eigenvalue weighted by atomic mass is 10.2. The molecule has 32 heavy (non-hydrogen) atoms. The summed E-state index contributed by atoms with van der Waals surface area (Å²) in [5, 5.41) is 7.11. The quantitative estimate of drug-likeness (QED) is 0.570. The number of hydrogen-bond donors (Lipinski definition) is 1. The molecule has 0 unspecified atom stereocenters. The minimum Gasteiger partial charge on any atom is -0.458 e. The maximum atomic E-state index is 13.2. The zero-order chi connectivity index (χ0) is 23.4. The van der Waals surface area contributed by atoms with E-state index in [9.17, 15) is 19.2 Å². The Balaban J connectivity index is 2.19. The molecule has 0 spiro atoms. The summed E-state index contributed by atoms with van der Waals surface area (Å²) in [5.41, 5.74) is -0.857. The first-order valence-electron chi connectivity index (χ1n) is 9.73. The number of aromatic nitrogens is 3. The predicted octanol–water partition coefficient (Wildman–Crippen LogP) is 2.62. The second-order valence-corrected chi connectivity index (χ2v) is 7.68. The van der Waals surface area contributed by atoms with Crippen molar-refractivity contribution in [2.24, 2.45) is 0 Å². The van der Waals surface area contributed by atoms with Gasteiger partial charge in [0.05, 0.1) is 18.3 Å². The maximum Gasteiger partial charge on any atom is 0.364 e. The smallest absolute Gasteiger partial charge is 0.364 e. The van der Waals surface area contributed by atoms with Crippen LogP contribution in [0.25, 0.3) is 5.69 Å². The highest BCUT2D eigenvalue weighted by Crippen LogP contribution is 2.13. The number of rotatable bonds is 6. The van der Waals surface area contributed by atoms with Crippen molar-refractivity contribution < 1.29 is 14.3 Å². The number of amides is 1. The number of hydrogen-bond acceptors (Lipinski definition) is 6. The van der Waals surface area contributed by atoms with E-state index in [2.05, 4.69) is 10.4 Å². The van der Waals surface area contributed by atoms with Crippen molar-refractivity contribution in [2.75, 3.05) is 5.32 Å². The van der Waals surface area contributed by atoms with Crippen molar-refractivity contribution in [3.63, 3.8) is 0 Å². The Kier molecular flexibility index (Phi) is 6.89. The van der Waals surface area contributed by atoms with E-state index < -0.39 is 29.0 Å². The van der Waals surface area contributed by atoms with Gasteiger partial charge in [0.1, 0.15) is 0 Å². The molecule has 0 saturated heterocycles. The fraction of sp³-hybridized carbons (Fsp3) is 0.227. The van der Waals surface area contributed by atoms with Gasteiger partial charge in [-0.2, -0.15) is 9.78 Å². The first kappa shape index (κ1) is 23.0. The van der Waals surface area contributed by atoms with Crippen molar-refractivity contribution in [1.29, 1.82) is 0 Å². The molecule has 0 aliphatic carbocycles. The van der Waals surface area contributed by atoms with Crippen LogP contribution < -0.4 is 16.6 Å². The van der Waals surface area contributed by atoms with Crippen LogP contribution in [0.4, 0.5) is 5.69 Å². The average Bonchev–Trinajstić information content (AvgIpc) is 2.71. The lowest BCUT2D eigenvalue weighted by Crippen LogP contribution is -2.44. The van der Waals surface area contributed by atoms with Crippen molar-refractivity contribution in [1.82, 2.24) is 14.3 Å². The molecule has 1 aromatic heterocycles. The largest absolute Gasteiger partial charge is 0.458 e. The average molecular weight is 457 g/mol. The molecule has 0 saturated carbocycles. The normalized spacial score (nSPS) is 10.8. The van der Waals surface area contributed by atoms with Gasteiger partial charge in [-0.25, -0.2) is 9.59 Å². The van der Waals surface area contributed by atoms with Gasteiger partial charge >= 0.3 is 11.7 Å². The molecule has 9 nitrogen and oxygen atoms in total. The summed E-state index contributed by atoms with van der Waals surface area (Å²) in [6.07, 6.45) is -0.489. The summed E-state index contributed by atoms with van der Waals surface area (Å²) >= 11 is 5.91. The second-order valence-electron chi connectivity index (χ2n) is 7.25. The Morgan fingerprint density at radius 3 is 2.44 bits per heavy atom. The topological polar surface area (TPSA) is 112 Å². The van der Waals surface area contributed by atoms with Gasteiger partial charge in [-0.3, -0.25) is 14.2 Å². The Hall–Kier alpha value is -3.72. The van der Waals surface area contributed by atoms with E-state index >= 15 is 0 Å². The zero-order valence-corrected chi connectivity index (χ0v) is 18.4. The molecule has 3 rings (SSSR count). The molecule has 0 bridgehead atoms. The fourth-order valence-corrected chi connectivity index (χ4v) is 3.04. The van der Waals surface area contributed by atoms with Crippen LogP contribution in [0.3, 0.4) is 0 Å². The van der Waals surface area contributed by atoms with Crippen molar-refractivity contribution in [3.05, 3.63) is 85.6 Å². The third-order valence-electron chi connectivity index (χ3n) is 4.26. The van der Waals surface area contributed by atoms with Gasteiger partial charge in [0.15, 0.2) is 0 Å². The number of nitrogens with zero attached hydrogens (tertiary/aromatic N) is 3. The Bertz CT molecular complexity index is 1280. The highest BCUT2D eigenvalue weighted by atomic mass is 35.5. The highest BCUT2D eigenvalue weighted by Gasteiger charge is 2.22. The number of carbonyl (C=O) groups excluding carboxylic acids is 2. The van der Waals surface area contributed by atoms with Gasteiger partial charge in [-0.1, -0.05) is 29.8 Å². The molecule has 0 aliphatic rings. The monoisotopic (exact) mass is 456 g/mol. The van der Waals surface area contributed by atoms with Crippen molar-refractivity contribution in [2.45, 2.75) is 33.4 Å². The highest BCUT2D eigenvalue weighted by molar-refractivity contribution is 6.30. The standard InChI is InChI=1S/C22H21ClN4O5/c1-13(2)32-21(30)19-20(29)26(12-15-7-9-16(23)10-8-15)22(31)27(25-19)18-6-4-5-17(11-18)24-14(3)28/h4-11,13H,12H2,1-3H3,(H,24,28). The molecule has 0 aliphatic heterocycles. The van der Waals surface area contributed by atoms with E-state index in [0.717, 1.165) is 9.25 Å². The molecule has 0 fully saturated rings. The summed E-state index contributed by atoms with van der Waals surface area (Å²) in [5.74, 6) is -1.24. The number of ether oxygens (including phenoxy) is 1. The number of esters is 1. The van der Waals surface area contributed by atoms with E-state index in [1.54, 1.807) is 56.3 Å². The van der Waals surface area contributed by atoms with Crippen LogP contribution in [0.15, 0.2) is 58.1 Å². The van der Waals surface area contributed by atoms with Crippen LogP contribution in [-0.2, 0) is 16.1 Å². The van der Waals surface area contributed by atoms with Crippen molar-refractivity contribution in [3.8, 4) is 5.69 Å². The summed E-state index contributed by atoms with van der Waals surface area (Å²) in [6.45, 7) is 4.52. The molecule has 2 aromatic carbocycles. The third-order valence-corrected chi connectivity index (χ3v) is 4.51. The third kappa shape index (κ3) is 5.30.